The average Bonchev–Trinajstić information content (AvgIpc) is 3.45. The first kappa shape index (κ1) is 19.2. The minimum atomic E-state index is -0.583. The Balaban J connectivity index is 1.53. The molecule has 2 fully saturated rings. The summed E-state index contributed by atoms with van der Waals surface area (Å²) in [5, 5.41) is 12.5. The molecule has 0 bridgehead atoms. The van der Waals surface area contributed by atoms with Gasteiger partial charge in [0.2, 0.25) is 11.8 Å². The largest absolute Gasteiger partial charge is 0.337 e. The molecular weight excluding hydrogens is 354 g/mol. The predicted octanol–water partition coefficient (Wildman–Crippen LogP) is 2.20. The van der Waals surface area contributed by atoms with Gasteiger partial charge in [0.15, 0.2) is 0 Å². The monoisotopic (exact) mass is 383 g/mol. The maximum atomic E-state index is 13.3. The van der Waals surface area contributed by atoms with Crippen molar-refractivity contribution in [3.05, 3.63) is 42.0 Å². The van der Waals surface area contributed by atoms with E-state index >= 15 is 0 Å². The second-order valence-electron chi connectivity index (χ2n) is 9.23. The van der Waals surface area contributed by atoms with Crippen LogP contribution in [0, 0.1) is 16.7 Å². The maximum Gasteiger partial charge on any atom is 0.248 e. The molecule has 3 N–H and O–H groups in total. The first-order chi connectivity index (χ1) is 13.4. The van der Waals surface area contributed by atoms with E-state index < -0.39 is 17.9 Å². The molecule has 4 rings (SSSR count). The fraction of sp³-hybridized carbons (Fsp3) is 0.545. The van der Waals surface area contributed by atoms with E-state index in [0.717, 1.165) is 19.4 Å². The zero-order valence-corrected chi connectivity index (χ0v) is 16.6. The Kier molecular flexibility index (Phi) is 4.79. The minimum absolute atomic E-state index is 0.0551. The Bertz CT molecular complexity index is 799. The Labute approximate surface area is 165 Å². The van der Waals surface area contributed by atoms with Crippen LogP contribution in [-0.2, 0) is 9.59 Å². The van der Waals surface area contributed by atoms with Gasteiger partial charge in [0.1, 0.15) is 0 Å². The van der Waals surface area contributed by atoms with Gasteiger partial charge in [-0.1, -0.05) is 50.3 Å². The fourth-order valence-electron chi connectivity index (χ4n) is 4.86. The van der Waals surface area contributed by atoms with Crippen LogP contribution in [0.15, 0.2) is 36.4 Å². The van der Waals surface area contributed by atoms with E-state index in [1.54, 1.807) is 5.48 Å². The summed E-state index contributed by atoms with van der Waals surface area (Å²) in [6.45, 7) is 6.20. The van der Waals surface area contributed by atoms with Gasteiger partial charge in [-0.3, -0.25) is 14.8 Å². The van der Waals surface area contributed by atoms with Gasteiger partial charge in [0.25, 0.3) is 0 Å². The van der Waals surface area contributed by atoms with Crippen LogP contribution < -0.4 is 10.8 Å². The highest BCUT2D eigenvalue weighted by atomic mass is 16.5. The van der Waals surface area contributed by atoms with E-state index in [4.69, 9.17) is 5.21 Å². The molecule has 150 valence electrons. The van der Waals surface area contributed by atoms with Crippen molar-refractivity contribution >= 4 is 17.4 Å². The number of hydrogen-bond donors (Lipinski definition) is 3. The highest BCUT2D eigenvalue weighted by Crippen LogP contribution is 2.52. The number of rotatable bonds is 3. The van der Waals surface area contributed by atoms with Crippen molar-refractivity contribution in [2.45, 2.75) is 39.2 Å². The molecule has 1 spiro atoms. The smallest absolute Gasteiger partial charge is 0.248 e. The molecule has 3 aliphatic rings. The van der Waals surface area contributed by atoms with Gasteiger partial charge in [0.05, 0.1) is 12.0 Å². The van der Waals surface area contributed by atoms with Crippen molar-refractivity contribution in [3.8, 4) is 0 Å². The summed E-state index contributed by atoms with van der Waals surface area (Å²) in [7, 11) is 0. The molecule has 1 aromatic carbocycles. The summed E-state index contributed by atoms with van der Waals surface area (Å²) in [5.41, 5.74) is 4.15. The number of benzene rings is 1. The van der Waals surface area contributed by atoms with E-state index in [0.29, 0.717) is 19.5 Å². The standard InChI is InChI=1S/C22H29N3O3/c1-21(2)14-25(11-8-17(21)15-6-4-3-5-7-15)20(27)18-16(19(26)24-28)12-22(9-10-22)13-23-18/h3-8,16,18,23,28H,9-14H2,1-2H3,(H,24,26)/t16-,18-/m0/s1. The van der Waals surface area contributed by atoms with E-state index in [1.165, 1.54) is 11.1 Å². The normalized spacial score (nSPS) is 27.8. The lowest BCUT2D eigenvalue weighted by molar-refractivity contribution is -0.145. The SMILES string of the molecule is CC1(C)CN(C(=O)[C@H]2NCC3(CC3)C[C@@H]2C(=O)NO)CC=C1c1ccccc1. The van der Waals surface area contributed by atoms with Crippen molar-refractivity contribution in [2.75, 3.05) is 19.6 Å². The summed E-state index contributed by atoms with van der Waals surface area (Å²) in [4.78, 5) is 27.4. The molecule has 2 heterocycles. The molecule has 2 aliphatic heterocycles. The highest BCUT2D eigenvalue weighted by molar-refractivity contribution is 5.91. The van der Waals surface area contributed by atoms with Crippen LogP contribution in [0.5, 0.6) is 0 Å². The van der Waals surface area contributed by atoms with E-state index in [2.05, 4.69) is 37.4 Å². The summed E-state index contributed by atoms with van der Waals surface area (Å²) in [5.74, 6) is -1.05. The maximum absolute atomic E-state index is 13.3. The number of amides is 2. The van der Waals surface area contributed by atoms with Crippen LogP contribution in [0.1, 0.15) is 38.7 Å². The zero-order valence-electron chi connectivity index (χ0n) is 16.6. The molecule has 2 amide bonds. The van der Waals surface area contributed by atoms with Crippen molar-refractivity contribution in [1.82, 2.24) is 15.7 Å². The zero-order chi connectivity index (χ0) is 19.9. The molecule has 6 nitrogen and oxygen atoms in total. The van der Waals surface area contributed by atoms with Crippen LogP contribution in [0.3, 0.4) is 0 Å². The number of hydrogen-bond acceptors (Lipinski definition) is 4. The average molecular weight is 383 g/mol. The van der Waals surface area contributed by atoms with Crippen molar-refractivity contribution in [1.29, 1.82) is 0 Å². The van der Waals surface area contributed by atoms with Gasteiger partial charge in [-0.05, 0) is 35.8 Å². The summed E-state index contributed by atoms with van der Waals surface area (Å²) in [6, 6.07) is 9.68. The predicted molar refractivity (Wildman–Crippen MR) is 106 cm³/mol. The quantitative estimate of drug-likeness (QED) is 0.552. The second kappa shape index (κ2) is 7.01. The van der Waals surface area contributed by atoms with E-state index in [1.807, 2.05) is 23.1 Å². The topological polar surface area (TPSA) is 81.7 Å². The Morgan fingerprint density at radius 2 is 1.93 bits per heavy atom. The fourth-order valence-corrected chi connectivity index (χ4v) is 4.86. The van der Waals surface area contributed by atoms with Gasteiger partial charge in [-0.15, -0.1) is 0 Å². The van der Waals surface area contributed by atoms with Gasteiger partial charge >= 0.3 is 0 Å². The van der Waals surface area contributed by atoms with Crippen molar-refractivity contribution in [3.63, 3.8) is 0 Å². The lowest BCUT2D eigenvalue weighted by Crippen LogP contribution is -2.60. The van der Waals surface area contributed by atoms with Crippen molar-refractivity contribution in [2.24, 2.45) is 16.7 Å². The highest BCUT2D eigenvalue weighted by Gasteiger charge is 2.53. The molecule has 2 atom stereocenters. The molecule has 0 unspecified atom stereocenters. The molecule has 6 heteroatoms. The number of nitrogens with one attached hydrogen (secondary N) is 2. The third-order valence-electron chi connectivity index (χ3n) is 6.65. The number of carbonyl (C=O) groups is 2. The minimum Gasteiger partial charge on any atom is -0.337 e. The van der Waals surface area contributed by atoms with Crippen LogP contribution in [0.4, 0.5) is 0 Å². The molecule has 0 radical (unpaired) electrons. The summed E-state index contributed by atoms with van der Waals surface area (Å²) < 4.78 is 0. The van der Waals surface area contributed by atoms with Gasteiger partial charge < -0.3 is 10.2 Å². The van der Waals surface area contributed by atoms with Gasteiger partial charge in [-0.25, -0.2) is 5.48 Å². The molecule has 1 saturated carbocycles. The Morgan fingerprint density at radius 3 is 2.54 bits per heavy atom. The number of piperidine rings is 1. The van der Waals surface area contributed by atoms with Gasteiger partial charge in [-0.2, -0.15) is 0 Å². The van der Waals surface area contributed by atoms with Crippen LogP contribution in [-0.4, -0.2) is 47.6 Å². The molecule has 1 aromatic rings. The Hall–Kier alpha value is -2.18. The lowest BCUT2D eigenvalue weighted by Gasteiger charge is -2.43. The molecule has 0 aromatic heterocycles. The second-order valence-corrected chi connectivity index (χ2v) is 9.23. The van der Waals surface area contributed by atoms with Crippen LogP contribution >= 0.6 is 0 Å². The molecule has 28 heavy (non-hydrogen) atoms. The van der Waals surface area contributed by atoms with Crippen LogP contribution in [0.2, 0.25) is 0 Å². The molecular formula is C22H29N3O3. The van der Waals surface area contributed by atoms with E-state index in [9.17, 15) is 9.59 Å². The summed E-state index contributed by atoms with van der Waals surface area (Å²) in [6.07, 6.45) is 4.94. The third-order valence-corrected chi connectivity index (χ3v) is 6.65. The molecule has 1 saturated heterocycles. The van der Waals surface area contributed by atoms with E-state index in [-0.39, 0.29) is 16.7 Å². The first-order valence-corrected chi connectivity index (χ1v) is 10.1. The van der Waals surface area contributed by atoms with Gasteiger partial charge in [0, 0.05) is 25.0 Å². The number of nitrogens with zero attached hydrogens (tertiary/aromatic N) is 1. The third kappa shape index (κ3) is 3.47. The summed E-state index contributed by atoms with van der Waals surface area (Å²) >= 11 is 0. The molecule has 1 aliphatic carbocycles. The van der Waals surface area contributed by atoms with Crippen LogP contribution in [0.25, 0.3) is 5.57 Å². The number of carbonyl (C=O) groups excluding carboxylic acids is 2. The van der Waals surface area contributed by atoms with Crippen molar-refractivity contribution < 1.29 is 14.8 Å². The number of hydroxylamine groups is 1. The lowest BCUT2D eigenvalue weighted by atomic mass is 9.76. The Morgan fingerprint density at radius 1 is 1.21 bits per heavy atom. The first-order valence-electron chi connectivity index (χ1n) is 10.1.